The SMILES string of the molecule is COc1ccc(NS(=O)(=O)c2ccc(-c3cccs3)cc2F)cc1N1C[C@@H](C)N[C@@H](C)C1. The van der Waals surface area contributed by atoms with Gasteiger partial charge < -0.3 is 15.0 Å². The summed E-state index contributed by atoms with van der Waals surface area (Å²) in [5.41, 5.74) is 1.79. The molecule has 0 aliphatic carbocycles. The molecule has 6 nitrogen and oxygen atoms in total. The number of benzene rings is 2. The molecule has 170 valence electrons. The van der Waals surface area contributed by atoms with Crippen molar-refractivity contribution in [2.75, 3.05) is 29.8 Å². The number of sulfonamides is 1. The molecule has 3 aromatic rings. The van der Waals surface area contributed by atoms with Crippen LogP contribution in [0.5, 0.6) is 5.75 Å². The molecule has 2 aromatic carbocycles. The molecule has 0 radical (unpaired) electrons. The summed E-state index contributed by atoms with van der Waals surface area (Å²) in [5.74, 6) is -0.136. The van der Waals surface area contributed by atoms with Gasteiger partial charge in [0.25, 0.3) is 10.0 Å². The number of methoxy groups -OCH3 is 1. The zero-order valence-corrected chi connectivity index (χ0v) is 19.8. The minimum Gasteiger partial charge on any atom is -0.495 e. The van der Waals surface area contributed by atoms with Gasteiger partial charge in [0.1, 0.15) is 16.5 Å². The predicted molar refractivity (Wildman–Crippen MR) is 128 cm³/mol. The highest BCUT2D eigenvalue weighted by Crippen LogP contribution is 2.34. The Bertz CT molecular complexity index is 1190. The van der Waals surface area contributed by atoms with Crippen molar-refractivity contribution in [3.05, 3.63) is 59.7 Å². The Labute approximate surface area is 192 Å². The van der Waals surface area contributed by atoms with E-state index in [-0.39, 0.29) is 17.0 Å². The Kier molecular flexibility index (Phi) is 6.41. The maximum absolute atomic E-state index is 14.8. The molecule has 2 N–H and O–H groups in total. The minimum absolute atomic E-state index is 0.278. The second-order valence-corrected chi connectivity index (χ2v) is 10.6. The summed E-state index contributed by atoms with van der Waals surface area (Å²) in [6, 6.07) is 13.5. The molecule has 1 fully saturated rings. The van der Waals surface area contributed by atoms with Crippen molar-refractivity contribution in [1.82, 2.24) is 5.32 Å². The second-order valence-electron chi connectivity index (χ2n) is 7.99. The average Bonchev–Trinajstić information content (AvgIpc) is 3.27. The van der Waals surface area contributed by atoms with E-state index in [0.29, 0.717) is 17.0 Å². The first-order valence-electron chi connectivity index (χ1n) is 10.3. The van der Waals surface area contributed by atoms with Crippen LogP contribution in [0.15, 0.2) is 58.8 Å². The van der Waals surface area contributed by atoms with E-state index < -0.39 is 15.8 Å². The molecule has 1 aromatic heterocycles. The largest absolute Gasteiger partial charge is 0.495 e. The summed E-state index contributed by atoms with van der Waals surface area (Å²) in [7, 11) is -2.53. The molecule has 0 saturated carbocycles. The van der Waals surface area contributed by atoms with Crippen molar-refractivity contribution in [2.24, 2.45) is 0 Å². The molecule has 9 heteroatoms. The maximum atomic E-state index is 14.8. The van der Waals surface area contributed by atoms with Crippen molar-refractivity contribution in [3.8, 4) is 16.2 Å². The summed E-state index contributed by atoms with van der Waals surface area (Å²) in [6.07, 6.45) is 0. The summed E-state index contributed by atoms with van der Waals surface area (Å²) in [5, 5.41) is 5.37. The van der Waals surface area contributed by atoms with Crippen LogP contribution in [0.25, 0.3) is 10.4 Å². The lowest BCUT2D eigenvalue weighted by atomic mass is 10.1. The van der Waals surface area contributed by atoms with Crippen LogP contribution < -0.4 is 19.7 Å². The van der Waals surface area contributed by atoms with E-state index in [4.69, 9.17) is 4.74 Å². The van der Waals surface area contributed by atoms with Gasteiger partial charge in [0.05, 0.1) is 18.5 Å². The Morgan fingerprint density at radius 1 is 1.12 bits per heavy atom. The van der Waals surface area contributed by atoms with Crippen LogP contribution in [0.3, 0.4) is 0 Å². The Morgan fingerprint density at radius 3 is 2.50 bits per heavy atom. The molecule has 0 spiro atoms. The van der Waals surface area contributed by atoms with Crippen molar-refractivity contribution < 1.29 is 17.5 Å². The number of rotatable bonds is 6. The number of hydrogen-bond donors (Lipinski definition) is 2. The van der Waals surface area contributed by atoms with Gasteiger partial charge >= 0.3 is 0 Å². The smallest absolute Gasteiger partial charge is 0.264 e. The van der Waals surface area contributed by atoms with E-state index in [0.717, 1.165) is 23.7 Å². The number of ether oxygens (including phenoxy) is 1. The third-order valence-electron chi connectivity index (χ3n) is 5.36. The van der Waals surface area contributed by atoms with Gasteiger partial charge in [-0.25, -0.2) is 12.8 Å². The molecular formula is C23H26FN3O3S2. The molecule has 1 aliphatic rings. The Morgan fingerprint density at radius 2 is 1.88 bits per heavy atom. The van der Waals surface area contributed by atoms with E-state index in [2.05, 4.69) is 28.8 Å². The molecule has 1 aliphatic heterocycles. The molecule has 0 unspecified atom stereocenters. The van der Waals surface area contributed by atoms with Crippen LogP contribution in [0.1, 0.15) is 13.8 Å². The number of halogens is 1. The zero-order valence-electron chi connectivity index (χ0n) is 18.1. The summed E-state index contributed by atoms with van der Waals surface area (Å²) < 4.78 is 48.7. The van der Waals surface area contributed by atoms with Gasteiger partial charge in [0.15, 0.2) is 0 Å². The lowest BCUT2D eigenvalue weighted by Crippen LogP contribution is -2.54. The van der Waals surface area contributed by atoms with E-state index in [1.165, 1.54) is 23.5 Å². The van der Waals surface area contributed by atoms with Crippen molar-refractivity contribution in [1.29, 1.82) is 0 Å². The fourth-order valence-electron chi connectivity index (χ4n) is 4.05. The molecule has 2 atom stereocenters. The third-order valence-corrected chi connectivity index (χ3v) is 7.69. The monoisotopic (exact) mass is 475 g/mol. The predicted octanol–water partition coefficient (Wildman–Crippen LogP) is 4.55. The van der Waals surface area contributed by atoms with Crippen LogP contribution in [0, 0.1) is 5.82 Å². The van der Waals surface area contributed by atoms with Crippen molar-refractivity contribution in [2.45, 2.75) is 30.8 Å². The quantitative estimate of drug-likeness (QED) is 0.547. The third kappa shape index (κ3) is 4.74. The number of hydrogen-bond acceptors (Lipinski definition) is 6. The first kappa shape index (κ1) is 22.6. The maximum Gasteiger partial charge on any atom is 0.264 e. The number of anilines is 2. The molecular weight excluding hydrogens is 449 g/mol. The van der Waals surface area contributed by atoms with Gasteiger partial charge in [0, 0.05) is 30.1 Å². The van der Waals surface area contributed by atoms with Gasteiger partial charge in [-0.1, -0.05) is 12.1 Å². The number of piperazine rings is 1. The number of nitrogens with zero attached hydrogens (tertiary/aromatic N) is 1. The van der Waals surface area contributed by atoms with Crippen molar-refractivity contribution in [3.63, 3.8) is 0 Å². The van der Waals surface area contributed by atoms with E-state index in [9.17, 15) is 12.8 Å². The number of nitrogens with one attached hydrogen (secondary N) is 2. The topological polar surface area (TPSA) is 70.7 Å². The molecule has 0 amide bonds. The highest BCUT2D eigenvalue weighted by Gasteiger charge is 2.25. The van der Waals surface area contributed by atoms with Gasteiger partial charge in [0.2, 0.25) is 0 Å². The molecule has 2 heterocycles. The van der Waals surface area contributed by atoms with Crippen LogP contribution in [0.2, 0.25) is 0 Å². The summed E-state index contributed by atoms with van der Waals surface area (Å²) in [6.45, 7) is 5.72. The van der Waals surface area contributed by atoms with Gasteiger partial charge in [-0.3, -0.25) is 4.72 Å². The normalized spacial score (nSPS) is 19.1. The highest BCUT2D eigenvalue weighted by atomic mass is 32.2. The highest BCUT2D eigenvalue weighted by molar-refractivity contribution is 7.92. The Balaban J connectivity index is 1.62. The van der Waals surface area contributed by atoms with E-state index >= 15 is 0 Å². The van der Waals surface area contributed by atoms with E-state index in [1.807, 2.05) is 17.5 Å². The fraction of sp³-hybridized carbons (Fsp3) is 0.304. The van der Waals surface area contributed by atoms with Crippen LogP contribution in [-0.2, 0) is 10.0 Å². The molecule has 4 rings (SSSR count). The lowest BCUT2D eigenvalue weighted by Gasteiger charge is -2.38. The minimum atomic E-state index is -4.11. The zero-order chi connectivity index (χ0) is 22.9. The molecule has 32 heavy (non-hydrogen) atoms. The molecule has 1 saturated heterocycles. The van der Waals surface area contributed by atoms with Crippen molar-refractivity contribution >= 4 is 32.7 Å². The first-order chi connectivity index (χ1) is 15.3. The lowest BCUT2D eigenvalue weighted by molar-refractivity contribution is 0.391. The fourth-order valence-corrected chi connectivity index (χ4v) is 5.88. The van der Waals surface area contributed by atoms with E-state index in [1.54, 1.807) is 31.4 Å². The van der Waals surface area contributed by atoms with Gasteiger partial charge in [-0.05, 0) is 61.2 Å². The standard InChI is InChI=1S/C23H26FN3O3S2/c1-15-13-27(14-16(2)25-15)20-12-18(7-8-21(20)30-3)26-32(28,29)23-9-6-17(11-19(23)24)22-5-4-10-31-22/h4-12,15-16,25-26H,13-14H2,1-3H3/t15-,16+. The summed E-state index contributed by atoms with van der Waals surface area (Å²) >= 11 is 1.47. The van der Waals surface area contributed by atoms with Crippen LogP contribution >= 0.6 is 11.3 Å². The van der Waals surface area contributed by atoms with Crippen LogP contribution in [0.4, 0.5) is 15.8 Å². The Hall–Kier alpha value is -2.62. The molecule has 0 bridgehead atoms. The van der Waals surface area contributed by atoms with Gasteiger partial charge in [-0.2, -0.15) is 0 Å². The second kappa shape index (κ2) is 9.09. The van der Waals surface area contributed by atoms with Crippen LogP contribution in [-0.4, -0.2) is 40.7 Å². The first-order valence-corrected chi connectivity index (χ1v) is 12.7. The number of thiophene rings is 1. The average molecular weight is 476 g/mol. The van der Waals surface area contributed by atoms with Gasteiger partial charge in [-0.15, -0.1) is 11.3 Å². The summed E-state index contributed by atoms with van der Waals surface area (Å²) in [4.78, 5) is 2.65.